The summed E-state index contributed by atoms with van der Waals surface area (Å²) < 4.78 is 5.02. The Hall–Kier alpha value is 0.430. The van der Waals surface area contributed by atoms with Gasteiger partial charge in [-0.25, -0.2) is 0 Å². The maximum absolute atomic E-state index is 10.5. The van der Waals surface area contributed by atoms with Gasteiger partial charge < -0.3 is 14.6 Å². The van der Waals surface area contributed by atoms with Crippen molar-refractivity contribution < 1.29 is 44.2 Å². The summed E-state index contributed by atoms with van der Waals surface area (Å²) in [5.41, 5.74) is 0. The molecule has 2 atom stereocenters. The molecule has 0 aliphatic carbocycles. The first-order valence-corrected chi connectivity index (χ1v) is 9.12. The zero-order valence-corrected chi connectivity index (χ0v) is 16.8. The summed E-state index contributed by atoms with van der Waals surface area (Å²) in [6, 6.07) is 0. The molecule has 2 unspecified atom stereocenters. The van der Waals surface area contributed by atoms with Gasteiger partial charge in [0.05, 0.1) is 12.1 Å². The van der Waals surface area contributed by atoms with Crippen LogP contribution in [0.2, 0.25) is 0 Å². The van der Waals surface area contributed by atoms with E-state index in [2.05, 4.69) is 6.92 Å². The van der Waals surface area contributed by atoms with Crippen LogP contribution in [-0.4, -0.2) is 18.2 Å². The zero-order chi connectivity index (χ0) is 15.3. The van der Waals surface area contributed by atoms with Crippen molar-refractivity contribution in [1.29, 1.82) is 0 Å². The van der Waals surface area contributed by atoms with Crippen LogP contribution in [-0.2, 0) is 9.53 Å². The van der Waals surface area contributed by atoms with E-state index in [1.165, 1.54) is 77.0 Å². The number of epoxide rings is 1. The number of carbonyl (C=O) groups excluding carboxylic acids is 1. The average Bonchev–Trinajstić information content (AvgIpc) is 3.24. The number of hydrogen-bond donors (Lipinski definition) is 0. The summed E-state index contributed by atoms with van der Waals surface area (Å²) in [4.78, 5) is 10.5. The van der Waals surface area contributed by atoms with Crippen molar-refractivity contribution in [1.82, 2.24) is 0 Å². The van der Waals surface area contributed by atoms with Crippen molar-refractivity contribution in [2.75, 3.05) is 0 Å². The van der Waals surface area contributed by atoms with E-state index in [0.29, 0.717) is 0 Å². The van der Waals surface area contributed by atoms with Crippen LogP contribution < -0.4 is 34.7 Å². The Bertz CT molecular complexity index is 271. The van der Waals surface area contributed by atoms with Crippen molar-refractivity contribution in [3.63, 3.8) is 0 Å². The molecule has 0 aromatic rings. The fourth-order valence-electron chi connectivity index (χ4n) is 2.93. The minimum Gasteiger partial charge on any atom is -0.547 e. The summed E-state index contributed by atoms with van der Waals surface area (Å²) in [5.74, 6) is -1.05. The van der Waals surface area contributed by atoms with Gasteiger partial charge in [-0.15, -0.1) is 0 Å². The summed E-state index contributed by atoms with van der Waals surface area (Å²) >= 11 is 0. The first-order chi connectivity index (χ1) is 10.3. The molecule has 0 N–H and O–H groups in total. The Kier molecular flexibility index (Phi) is 15.3. The van der Waals surface area contributed by atoms with Crippen LogP contribution in [0.25, 0.3) is 0 Å². The molecule has 0 spiro atoms. The average molecular weight is 320 g/mol. The van der Waals surface area contributed by atoms with Crippen molar-refractivity contribution in [3.05, 3.63) is 0 Å². The third-order valence-corrected chi connectivity index (χ3v) is 4.41. The van der Waals surface area contributed by atoms with E-state index in [-0.39, 0.29) is 35.7 Å². The molecule has 1 saturated heterocycles. The van der Waals surface area contributed by atoms with E-state index in [0.717, 1.165) is 12.8 Å². The Balaban J connectivity index is 0.00000441. The van der Waals surface area contributed by atoms with Crippen LogP contribution in [0.3, 0.4) is 0 Å². The van der Waals surface area contributed by atoms with Gasteiger partial charge in [-0.3, -0.25) is 0 Å². The molecule has 1 rings (SSSR count). The summed E-state index contributed by atoms with van der Waals surface area (Å²) in [7, 11) is 0. The molecule has 3 nitrogen and oxygen atoms in total. The molecule has 0 amide bonds. The molecule has 0 bridgehead atoms. The first-order valence-electron chi connectivity index (χ1n) is 9.12. The molecule has 0 aromatic heterocycles. The van der Waals surface area contributed by atoms with Gasteiger partial charge in [-0.2, -0.15) is 0 Å². The van der Waals surface area contributed by atoms with Gasteiger partial charge in [0.1, 0.15) is 6.10 Å². The number of rotatable bonds is 15. The molecule has 0 radical (unpaired) electrons. The van der Waals surface area contributed by atoms with Crippen LogP contribution in [0.1, 0.15) is 96.8 Å². The van der Waals surface area contributed by atoms with Crippen molar-refractivity contribution in [2.45, 2.75) is 109 Å². The summed E-state index contributed by atoms with van der Waals surface area (Å²) in [5, 5.41) is 10.5. The zero-order valence-electron chi connectivity index (χ0n) is 14.8. The Labute approximate surface area is 158 Å². The number of unbranched alkanes of at least 4 members (excludes halogenated alkanes) is 12. The maximum Gasteiger partial charge on any atom is 1.00 e. The smallest absolute Gasteiger partial charge is 0.547 e. The van der Waals surface area contributed by atoms with Crippen LogP contribution in [0.15, 0.2) is 0 Å². The fourth-order valence-corrected chi connectivity index (χ4v) is 2.93. The second kappa shape index (κ2) is 15.0. The van der Waals surface area contributed by atoms with Gasteiger partial charge in [-0.1, -0.05) is 90.4 Å². The van der Waals surface area contributed by atoms with Gasteiger partial charge in [0.25, 0.3) is 0 Å². The summed E-state index contributed by atoms with van der Waals surface area (Å²) in [6.45, 7) is 2.26. The number of ether oxygens (including phenoxy) is 1. The Morgan fingerprint density at radius 2 is 1.23 bits per heavy atom. The van der Waals surface area contributed by atoms with Crippen LogP contribution in [0, 0.1) is 0 Å². The molecule has 1 aliphatic heterocycles. The molecule has 0 aromatic carbocycles. The standard InChI is InChI=1S/C18H34O3.Na/c1-2-3-4-5-6-7-8-9-10-11-12-13-14-15-16-17(21-16)18(19)20;/h16-17H,2-15H2,1H3,(H,19,20);/q;+1/p-1. The molecular weight excluding hydrogens is 287 g/mol. The second-order valence-corrected chi connectivity index (χ2v) is 6.45. The van der Waals surface area contributed by atoms with E-state index in [9.17, 15) is 9.90 Å². The monoisotopic (exact) mass is 320 g/mol. The van der Waals surface area contributed by atoms with Gasteiger partial charge in [-0.05, 0) is 6.42 Å². The van der Waals surface area contributed by atoms with Crippen LogP contribution >= 0.6 is 0 Å². The normalized spacial score (nSPS) is 19.7. The Morgan fingerprint density at radius 3 is 1.59 bits per heavy atom. The molecule has 1 heterocycles. The minimum atomic E-state index is -1.05. The molecule has 1 aliphatic rings. The van der Waals surface area contributed by atoms with E-state index >= 15 is 0 Å². The van der Waals surface area contributed by atoms with Gasteiger partial charge in [0.15, 0.2) is 0 Å². The number of aliphatic carboxylic acids is 1. The van der Waals surface area contributed by atoms with Gasteiger partial charge >= 0.3 is 29.6 Å². The quantitative estimate of drug-likeness (QED) is 0.257. The third-order valence-electron chi connectivity index (χ3n) is 4.41. The van der Waals surface area contributed by atoms with Gasteiger partial charge in [0, 0.05) is 0 Å². The van der Waals surface area contributed by atoms with Gasteiger partial charge in [0.2, 0.25) is 0 Å². The SMILES string of the molecule is CCCCCCCCCCCCCCCC1OC1C(=O)[O-].[Na+]. The van der Waals surface area contributed by atoms with Crippen LogP contribution in [0.5, 0.6) is 0 Å². The van der Waals surface area contributed by atoms with E-state index in [1.54, 1.807) is 0 Å². The maximum atomic E-state index is 10.5. The van der Waals surface area contributed by atoms with E-state index < -0.39 is 12.1 Å². The largest absolute Gasteiger partial charge is 1.00 e. The van der Waals surface area contributed by atoms with E-state index in [1.807, 2.05) is 0 Å². The third kappa shape index (κ3) is 11.9. The molecule has 4 heteroatoms. The van der Waals surface area contributed by atoms with Crippen LogP contribution in [0.4, 0.5) is 0 Å². The summed E-state index contributed by atoms with van der Waals surface area (Å²) in [6.07, 6.45) is 17.7. The number of carboxylic acids is 1. The predicted octanol–water partition coefficient (Wildman–Crippen LogP) is 0.989. The van der Waals surface area contributed by atoms with E-state index in [4.69, 9.17) is 4.74 Å². The van der Waals surface area contributed by atoms with Crippen molar-refractivity contribution in [3.8, 4) is 0 Å². The number of carbonyl (C=O) groups is 1. The molecule has 0 saturated carbocycles. The predicted molar refractivity (Wildman–Crippen MR) is 84.0 cm³/mol. The first kappa shape index (κ1) is 22.4. The van der Waals surface area contributed by atoms with Crippen molar-refractivity contribution in [2.24, 2.45) is 0 Å². The number of carboxylic acid groups (broad SMARTS) is 1. The van der Waals surface area contributed by atoms with Crippen molar-refractivity contribution >= 4 is 5.97 Å². The molecular formula is C18H33NaO3. The minimum absolute atomic E-state index is 0. The molecule has 124 valence electrons. The Morgan fingerprint density at radius 1 is 0.818 bits per heavy atom. The fraction of sp³-hybridized carbons (Fsp3) is 0.944. The second-order valence-electron chi connectivity index (χ2n) is 6.45. The molecule has 1 fully saturated rings. The topological polar surface area (TPSA) is 52.7 Å². The molecule has 22 heavy (non-hydrogen) atoms. The number of hydrogen-bond acceptors (Lipinski definition) is 3.